The van der Waals surface area contributed by atoms with Gasteiger partial charge in [0, 0.05) is 36.8 Å². The van der Waals surface area contributed by atoms with E-state index in [1.165, 1.54) is 6.33 Å². The molecule has 3 heterocycles. The Kier molecular flexibility index (Phi) is 4.51. The number of fused-ring (bicyclic) bond motifs is 1. The van der Waals surface area contributed by atoms with E-state index in [1.54, 1.807) is 12.1 Å². The molecule has 0 aromatic carbocycles. The molecule has 9 heteroatoms. The highest BCUT2D eigenvalue weighted by atomic mass is 19.1. The summed E-state index contributed by atoms with van der Waals surface area (Å²) < 4.78 is 19.9. The summed E-state index contributed by atoms with van der Waals surface area (Å²) in [6.07, 6.45) is 2.03. The molecule has 0 unspecified atom stereocenters. The zero-order chi connectivity index (χ0) is 19.0. The molecule has 27 heavy (non-hydrogen) atoms. The molecule has 4 rings (SSSR count). The zero-order valence-corrected chi connectivity index (χ0v) is 15.2. The van der Waals surface area contributed by atoms with E-state index < -0.39 is 6.17 Å². The number of alkyl halides is 1. The molecule has 1 fully saturated rings. The number of nitrogens with one attached hydrogen (secondary N) is 2. The third-order valence-electron chi connectivity index (χ3n) is 4.49. The summed E-state index contributed by atoms with van der Waals surface area (Å²) in [6.45, 7) is 5.24. The molecule has 0 saturated carbocycles. The van der Waals surface area contributed by atoms with E-state index in [9.17, 15) is 9.18 Å². The molecule has 2 aliphatic rings. The molecule has 1 saturated heterocycles. The number of aromatic amines is 1. The number of amides is 1. The fourth-order valence-electron chi connectivity index (χ4n) is 3.27. The maximum Gasteiger partial charge on any atom is 0.239 e. The maximum absolute atomic E-state index is 14.3. The van der Waals surface area contributed by atoms with Gasteiger partial charge in [-0.1, -0.05) is 0 Å². The van der Waals surface area contributed by atoms with Crippen molar-refractivity contribution in [1.82, 2.24) is 25.5 Å². The van der Waals surface area contributed by atoms with Crippen molar-refractivity contribution >= 4 is 17.8 Å². The summed E-state index contributed by atoms with van der Waals surface area (Å²) >= 11 is 0. The summed E-state index contributed by atoms with van der Waals surface area (Å²) in [7, 11) is 0. The first kappa shape index (κ1) is 17.4. The number of allylic oxidation sites excluding steroid dienone is 1. The molecule has 142 valence electrons. The number of H-pyrrole nitrogens is 1. The third kappa shape index (κ3) is 3.49. The fraction of sp³-hybridized carbons (Fsp3) is 0.444. The Labute approximate surface area is 155 Å². The molecule has 1 aliphatic carbocycles. The number of ether oxygens (including phenoxy) is 1. The highest BCUT2D eigenvalue weighted by Crippen LogP contribution is 2.33. The third-order valence-corrected chi connectivity index (χ3v) is 4.49. The Morgan fingerprint density at radius 2 is 2.22 bits per heavy atom. The largest absolute Gasteiger partial charge is 0.492 e. The Balaban J connectivity index is 1.67. The predicted octanol–water partition coefficient (Wildman–Crippen LogP) is 1.46. The average molecular weight is 372 g/mol. The van der Waals surface area contributed by atoms with Crippen LogP contribution in [0.4, 0.5) is 10.2 Å². The minimum Gasteiger partial charge on any atom is -0.492 e. The van der Waals surface area contributed by atoms with Crippen molar-refractivity contribution in [2.24, 2.45) is 0 Å². The summed E-state index contributed by atoms with van der Waals surface area (Å²) in [5, 5.41) is 10.0. The topological polar surface area (TPSA) is 96.0 Å². The Hall–Kier alpha value is -2.97. The molecule has 1 atom stereocenters. The van der Waals surface area contributed by atoms with Gasteiger partial charge >= 0.3 is 0 Å². The molecule has 1 aliphatic heterocycles. The van der Waals surface area contributed by atoms with Crippen molar-refractivity contribution in [2.45, 2.75) is 32.5 Å². The Bertz CT molecular complexity index is 894. The van der Waals surface area contributed by atoms with Gasteiger partial charge in [0.05, 0.1) is 18.3 Å². The van der Waals surface area contributed by atoms with Crippen molar-refractivity contribution in [3.8, 4) is 11.4 Å². The van der Waals surface area contributed by atoms with Crippen LogP contribution in [-0.4, -0.2) is 58.0 Å². The van der Waals surface area contributed by atoms with E-state index >= 15 is 0 Å². The second-order valence-electron chi connectivity index (χ2n) is 6.88. The fourth-order valence-corrected chi connectivity index (χ4v) is 3.27. The lowest BCUT2D eigenvalue weighted by molar-refractivity contribution is -0.120. The van der Waals surface area contributed by atoms with Crippen LogP contribution in [0.3, 0.4) is 0 Å². The lowest BCUT2D eigenvalue weighted by Gasteiger charge is -2.27. The number of nitrogens with zero attached hydrogens (tertiary/aromatic N) is 4. The van der Waals surface area contributed by atoms with Crippen molar-refractivity contribution in [3.05, 3.63) is 29.4 Å². The molecule has 1 amide bonds. The number of carbonyl (C=O) groups is 1. The molecule has 2 aromatic rings. The van der Waals surface area contributed by atoms with E-state index in [0.29, 0.717) is 41.7 Å². The van der Waals surface area contributed by atoms with Crippen LogP contribution in [0.2, 0.25) is 0 Å². The minimum absolute atomic E-state index is 0.0362. The number of anilines is 1. The first-order valence-electron chi connectivity index (χ1n) is 8.95. The van der Waals surface area contributed by atoms with Gasteiger partial charge in [0.15, 0.2) is 6.17 Å². The first-order chi connectivity index (χ1) is 13.0. The summed E-state index contributed by atoms with van der Waals surface area (Å²) in [4.78, 5) is 22.1. The van der Waals surface area contributed by atoms with Crippen molar-refractivity contribution < 1.29 is 13.9 Å². The zero-order valence-electron chi connectivity index (χ0n) is 15.2. The van der Waals surface area contributed by atoms with Crippen molar-refractivity contribution in [2.75, 3.05) is 24.5 Å². The van der Waals surface area contributed by atoms with E-state index in [-0.39, 0.29) is 25.0 Å². The number of halogens is 1. The normalized spacial score (nSPS) is 19.6. The number of rotatable bonds is 4. The average Bonchev–Trinajstić information content (AvgIpc) is 3.04. The summed E-state index contributed by atoms with van der Waals surface area (Å²) in [6, 6.07) is 1.80. The van der Waals surface area contributed by atoms with Crippen LogP contribution >= 0.6 is 0 Å². The molecular weight excluding hydrogens is 351 g/mol. The van der Waals surface area contributed by atoms with Gasteiger partial charge in [-0.25, -0.2) is 14.4 Å². The smallest absolute Gasteiger partial charge is 0.239 e. The standard InChI is InChI=1S/C18H21FN6O2/c1-10(2)27-15-5-11-13(6-12(15)19)23-24-18(11)14-7-16(22-9-21-14)25-4-3-20-17(26)8-25/h5,7,9-10,12H,3-4,6,8H2,1-2H3,(H,20,26)(H,23,24)/t12-/m0/s1. The number of carbonyl (C=O) groups excluding carboxylic acids is 1. The number of hydrogen-bond donors (Lipinski definition) is 2. The maximum atomic E-state index is 14.3. The van der Waals surface area contributed by atoms with E-state index in [4.69, 9.17) is 4.74 Å². The minimum atomic E-state index is -1.19. The van der Waals surface area contributed by atoms with Crippen molar-refractivity contribution in [3.63, 3.8) is 0 Å². The van der Waals surface area contributed by atoms with Crippen LogP contribution in [0.15, 0.2) is 18.2 Å². The van der Waals surface area contributed by atoms with Gasteiger partial charge in [-0.15, -0.1) is 0 Å². The van der Waals surface area contributed by atoms with Crippen LogP contribution in [0.5, 0.6) is 0 Å². The number of hydrogen-bond acceptors (Lipinski definition) is 6. The van der Waals surface area contributed by atoms with Crippen LogP contribution in [0.25, 0.3) is 17.5 Å². The van der Waals surface area contributed by atoms with Gasteiger partial charge in [0.2, 0.25) is 5.91 Å². The van der Waals surface area contributed by atoms with Gasteiger partial charge in [-0.2, -0.15) is 5.10 Å². The second kappa shape index (κ2) is 6.98. The second-order valence-corrected chi connectivity index (χ2v) is 6.88. The van der Waals surface area contributed by atoms with Crippen LogP contribution in [-0.2, 0) is 16.0 Å². The molecule has 0 radical (unpaired) electrons. The van der Waals surface area contributed by atoms with Crippen LogP contribution in [0.1, 0.15) is 25.1 Å². The van der Waals surface area contributed by atoms with E-state index in [0.717, 1.165) is 5.56 Å². The first-order valence-corrected chi connectivity index (χ1v) is 8.95. The summed E-state index contributed by atoms with van der Waals surface area (Å²) in [5.74, 6) is 0.932. The van der Waals surface area contributed by atoms with Crippen LogP contribution in [0, 0.1) is 0 Å². The highest BCUT2D eigenvalue weighted by molar-refractivity contribution is 5.82. The summed E-state index contributed by atoms with van der Waals surface area (Å²) in [5.41, 5.74) is 2.72. The van der Waals surface area contributed by atoms with Gasteiger partial charge in [-0.3, -0.25) is 9.89 Å². The molecule has 0 spiro atoms. The molecular formula is C18H21FN6O2. The number of aromatic nitrogens is 4. The molecule has 2 N–H and O–H groups in total. The Morgan fingerprint density at radius 3 is 3.00 bits per heavy atom. The van der Waals surface area contributed by atoms with E-state index in [2.05, 4.69) is 25.5 Å². The molecule has 0 bridgehead atoms. The lowest BCUT2D eigenvalue weighted by Crippen LogP contribution is -2.48. The van der Waals surface area contributed by atoms with Crippen LogP contribution < -0.4 is 10.2 Å². The van der Waals surface area contributed by atoms with Gasteiger partial charge < -0.3 is 15.0 Å². The van der Waals surface area contributed by atoms with Gasteiger partial charge in [-0.05, 0) is 19.9 Å². The molecule has 2 aromatic heterocycles. The Morgan fingerprint density at radius 1 is 1.37 bits per heavy atom. The predicted molar refractivity (Wildman–Crippen MR) is 97.6 cm³/mol. The van der Waals surface area contributed by atoms with Crippen molar-refractivity contribution in [1.29, 1.82) is 0 Å². The quantitative estimate of drug-likeness (QED) is 0.844. The van der Waals surface area contributed by atoms with Gasteiger partial charge in [0.1, 0.15) is 23.6 Å². The van der Waals surface area contributed by atoms with E-state index in [1.807, 2.05) is 18.7 Å². The lowest BCUT2D eigenvalue weighted by atomic mass is 9.98. The SMILES string of the molecule is CC(C)OC1=Cc2c(-c3cc(N4CCNC(=O)C4)ncn3)n[nH]c2C[C@@H]1F. The molecule has 8 nitrogen and oxygen atoms in total. The monoisotopic (exact) mass is 372 g/mol. The van der Waals surface area contributed by atoms with Gasteiger partial charge in [0.25, 0.3) is 0 Å². The number of piperazine rings is 1. The highest BCUT2D eigenvalue weighted by Gasteiger charge is 2.28.